The van der Waals surface area contributed by atoms with E-state index in [4.69, 9.17) is 0 Å². The number of piperidine rings is 1. The highest BCUT2D eigenvalue weighted by Crippen LogP contribution is 2.19. The molecule has 1 aliphatic heterocycles. The van der Waals surface area contributed by atoms with Gasteiger partial charge in [-0.1, -0.05) is 24.3 Å². The first-order chi connectivity index (χ1) is 9.99. The van der Waals surface area contributed by atoms with E-state index in [9.17, 15) is 8.42 Å². The molecule has 1 heterocycles. The Hall–Kier alpha value is -0.910. The zero-order chi connectivity index (χ0) is 15.3. The quantitative estimate of drug-likeness (QED) is 0.876. The number of rotatable bonds is 6. The predicted octanol–water partition coefficient (Wildman–Crippen LogP) is 2.15. The molecule has 1 aliphatic rings. The number of hydrogen-bond donors (Lipinski definition) is 1. The lowest BCUT2D eigenvalue weighted by atomic mass is 9.96. The number of aryl methyl sites for hydroxylation is 1. The van der Waals surface area contributed by atoms with Crippen LogP contribution < -0.4 is 5.32 Å². The van der Waals surface area contributed by atoms with Crippen LogP contribution in [0.2, 0.25) is 0 Å². The summed E-state index contributed by atoms with van der Waals surface area (Å²) >= 11 is 0. The van der Waals surface area contributed by atoms with Crippen LogP contribution in [-0.4, -0.2) is 38.6 Å². The fourth-order valence-electron chi connectivity index (χ4n) is 2.77. The summed E-state index contributed by atoms with van der Waals surface area (Å²) < 4.78 is 26.3. The first-order valence-corrected chi connectivity index (χ1v) is 9.29. The number of nitrogens with zero attached hydrogens (tertiary/aromatic N) is 1. The monoisotopic (exact) mass is 310 g/mol. The fourth-order valence-corrected chi connectivity index (χ4v) is 4.05. The minimum absolute atomic E-state index is 0.264. The van der Waals surface area contributed by atoms with E-state index in [1.807, 2.05) is 31.2 Å². The second-order valence-electron chi connectivity index (χ2n) is 5.98. The standard InChI is InChI=1S/C16H26N2O2S/c1-14-5-3-4-6-16(14)13-18(2)21(19,20)12-9-15-7-10-17-11-8-15/h3-6,15,17H,7-13H2,1-2H3. The van der Waals surface area contributed by atoms with Crippen molar-refractivity contribution in [3.63, 3.8) is 0 Å². The third-order valence-electron chi connectivity index (χ3n) is 4.37. The van der Waals surface area contributed by atoms with Gasteiger partial charge in [0.15, 0.2) is 0 Å². The summed E-state index contributed by atoms with van der Waals surface area (Å²) in [6, 6.07) is 7.95. The predicted molar refractivity (Wildman–Crippen MR) is 86.6 cm³/mol. The van der Waals surface area contributed by atoms with Crippen molar-refractivity contribution in [2.75, 3.05) is 25.9 Å². The zero-order valence-electron chi connectivity index (χ0n) is 13.0. The topological polar surface area (TPSA) is 49.4 Å². The van der Waals surface area contributed by atoms with E-state index < -0.39 is 10.0 Å². The van der Waals surface area contributed by atoms with Gasteiger partial charge in [-0.25, -0.2) is 12.7 Å². The molecule has 0 aliphatic carbocycles. The van der Waals surface area contributed by atoms with E-state index in [2.05, 4.69) is 5.32 Å². The molecule has 0 amide bonds. The van der Waals surface area contributed by atoms with Gasteiger partial charge in [-0.3, -0.25) is 0 Å². The Morgan fingerprint density at radius 3 is 2.57 bits per heavy atom. The average molecular weight is 310 g/mol. The molecule has 1 N–H and O–H groups in total. The lowest BCUT2D eigenvalue weighted by molar-refractivity contribution is 0.362. The Balaban J connectivity index is 1.90. The largest absolute Gasteiger partial charge is 0.317 e. The molecule has 1 fully saturated rings. The summed E-state index contributed by atoms with van der Waals surface area (Å²) in [6.07, 6.45) is 2.97. The lowest BCUT2D eigenvalue weighted by Crippen LogP contribution is -2.32. The molecule has 4 nitrogen and oxygen atoms in total. The fraction of sp³-hybridized carbons (Fsp3) is 0.625. The minimum atomic E-state index is -3.16. The van der Waals surface area contributed by atoms with Crippen LogP contribution in [0.25, 0.3) is 0 Å². The van der Waals surface area contributed by atoms with E-state index >= 15 is 0 Å². The molecule has 21 heavy (non-hydrogen) atoms. The molecule has 0 unspecified atom stereocenters. The number of sulfonamides is 1. The molecule has 2 rings (SSSR count). The van der Waals surface area contributed by atoms with Crippen LogP contribution in [0.3, 0.4) is 0 Å². The summed E-state index contributed by atoms with van der Waals surface area (Å²) in [7, 11) is -1.48. The molecular formula is C16H26N2O2S. The lowest BCUT2D eigenvalue weighted by Gasteiger charge is -2.24. The smallest absolute Gasteiger partial charge is 0.214 e. The van der Waals surface area contributed by atoms with Gasteiger partial charge < -0.3 is 5.32 Å². The highest BCUT2D eigenvalue weighted by molar-refractivity contribution is 7.89. The van der Waals surface area contributed by atoms with Crippen molar-refractivity contribution < 1.29 is 8.42 Å². The maximum Gasteiger partial charge on any atom is 0.214 e. The Labute approximate surface area is 128 Å². The van der Waals surface area contributed by atoms with Crippen LogP contribution in [0, 0.1) is 12.8 Å². The van der Waals surface area contributed by atoms with Crippen LogP contribution in [0.1, 0.15) is 30.4 Å². The molecule has 0 spiro atoms. The maximum absolute atomic E-state index is 12.4. The molecule has 0 aromatic heterocycles. The Bertz CT molecular complexity index is 551. The van der Waals surface area contributed by atoms with Gasteiger partial charge >= 0.3 is 0 Å². The van der Waals surface area contributed by atoms with Gasteiger partial charge in [0.05, 0.1) is 5.75 Å². The van der Waals surface area contributed by atoms with E-state index in [0.29, 0.717) is 12.5 Å². The molecule has 1 aromatic rings. The van der Waals surface area contributed by atoms with Gasteiger partial charge in [0.25, 0.3) is 0 Å². The van der Waals surface area contributed by atoms with Gasteiger partial charge in [0.2, 0.25) is 10.0 Å². The first-order valence-electron chi connectivity index (χ1n) is 7.68. The summed E-state index contributed by atoms with van der Waals surface area (Å²) in [5.74, 6) is 0.813. The van der Waals surface area contributed by atoms with Gasteiger partial charge in [-0.2, -0.15) is 0 Å². The molecule has 1 saturated heterocycles. The van der Waals surface area contributed by atoms with Crippen molar-refractivity contribution in [1.29, 1.82) is 0 Å². The first kappa shape index (κ1) is 16.5. The van der Waals surface area contributed by atoms with Crippen molar-refractivity contribution in [2.45, 2.75) is 32.7 Å². The maximum atomic E-state index is 12.4. The van der Waals surface area contributed by atoms with E-state index in [0.717, 1.165) is 43.5 Å². The second kappa shape index (κ2) is 7.38. The molecule has 118 valence electrons. The van der Waals surface area contributed by atoms with Crippen LogP contribution in [0.15, 0.2) is 24.3 Å². The van der Waals surface area contributed by atoms with E-state index in [-0.39, 0.29) is 5.75 Å². The van der Waals surface area contributed by atoms with Crippen molar-refractivity contribution >= 4 is 10.0 Å². The number of benzene rings is 1. The Morgan fingerprint density at radius 1 is 1.24 bits per heavy atom. The second-order valence-corrected chi connectivity index (χ2v) is 8.18. The van der Waals surface area contributed by atoms with Gasteiger partial charge in [0.1, 0.15) is 0 Å². The molecule has 0 radical (unpaired) electrons. The third kappa shape index (κ3) is 4.80. The van der Waals surface area contributed by atoms with E-state index in [1.165, 1.54) is 4.31 Å². The van der Waals surface area contributed by atoms with Crippen molar-refractivity contribution in [1.82, 2.24) is 9.62 Å². The summed E-state index contributed by atoms with van der Waals surface area (Å²) in [4.78, 5) is 0. The molecule has 5 heteroatoms. The SMILES string of the molecule is Cc1ccccc1CN(C)S(=O)(=O)CCC1CCNCC1. The Kier molecular flexibility index (Phi) is 5.79. The van der Waals surface area contributed by atoms with Gasteiger partial charge in [-0.15, -0.1) is 0 Å². The molecule has 0 bridgehead atoms. The van der Waals surface area contributed by atoms with Crippen LogP contribution in [-0.2, 0) is 16.6 Å². The summed E-state index contributed by atoms with van der Waals surface area (Å²) in [5, 5.41) is 3.31. The Morgan fingerprint density at radius 2 is 1.90 bits per heavy atom. The van der Waals surface area contributed by atoms with Crippen molar-refractivity contribution in [3.05, 3.63) is 35.4 Å². The highest BCUT2D eigenvalue weighted by Gasteiger charge is 2.21. The number of nitrogens with one attached hydrogen (secondary N) is 1. The molecular weight excluding hydrogens is 284 g/mol. The molecule has 1 aromatic carbocycles. The minimum Gasteiger partial charge on any atom is -0.317 e. The third-order valence-corrected chi connectivity index (χ3v) is 6.20. The summed E-state index contributed by atoms with van der Waals surface area (Å²) in [6.45, 7) is 4.51. The van der Waals surface area contributed by atoms with Crippen LogP contribution >= 0.6 is 0 Å². The van der Waals surface area contributed by atoms with Crippen LogP contribution in [0.4, 0.5) is 0 Å². The highest BCUT2D eigenvalue weighted by atomic mass is 32.2. The normalized spacial score (nSPS) is 17.3. The average Bonchev–Trinajstić information content (AvgIpc) is 2.48. The summed E-state index contributed by atoms with van der Waals surface area (Å²) in [5.41, 5.74) is 2.21. The van der Waals surface area contributed by atoms with Gasteiger partial charge in [-0.05, 0) is 56.3 Å². The van der Waals surface area contributed by atoms with Gasteiger partial charge in [0, 0.05) is 13.6 Å². The van der Waals surface area contributed by atoms with Crippen molar-refractivity contribution in [2.24, 2.45) is 5.92 Å². The van der Waals surface area contributed by atoms with Crippen LogP contribution in [0.5, 0.6) is 0 Å². The zero-order valence-corrected chi connectivity index (χ0v) is 13.8. The van der Waals surface area contributed by atoms with Crippen molar-refractivity contribution in [3.8, 4) is 0 Å². The van der Waals surface area contributed by atoms with E-state index in [1.54, 1.807) is 7.05 Å². The number of hydrogen-bond acceptors (Lipinski definition) is 3. The molecule has 0 atom stereocenters. The molecule has 0 saturated carbocycles.